The van der Waals surface area contributed by atoms with Gasteiger partial charge < -0.3 is 5.32 Å². The molecule has 4 nitrogen and oxygen atoms in total. The quantitative estimate of drug-likeness (QED) is 0.774. The first-order valence-corrected chi connectivity index (χ1v) is 9.24. The highest BCUT2D eigenvalue weighted by molar-refractivity contribution is 6.01. The second-order valence-corrected chi connectivity index (χ2v) is 8.57. The molecular formula is C21H23N3O. The lowest BCUT2D eigenvalue weighted by Gasteiger charge is -2.50. The number of benzene rings is 1. The van der Waals surface area contributed by atoms with E-state index in [2.05, 4.69) is 53.7 Å². The summed E-state index contributed by atoms with van der Waals surface area (Å²) in [4.78, 5) is 13.3. The summed E-state index contributed by atoms with van der Waals surface area (Å²) in [6.45, 7) is 4.36. The second-order valence-electron chi connectivity index (χ2n) is 8.57. The van der Waals surface area contributed by atoms with Crippen molar-refractivity contribution in [2.75, 3.05) is 0 Å². The van der Waals surface area contributed by atoms with Crippen molar-refractivity contribution < 1.29 is 4.79 Å². The molecule has 4 aliphatic rings. The van der Waals surface area contributed by atoms with Crippen LogP contribution in [0.2, 0.25) is 0 Å². The van der Waals surface area contributed by atoms with Gasteiger partial charge >= 0.3 is 0 Å². The average Bonchev–Trinajstić information content (AvgIpc) is 3.02. The third-order valence-corrected chi connectivity index (χ3v) is 6.25. The van der Waals surface area contributed by atoms with Gasteiger partial charge in [0.2, 0.25) is 0 Å². The molecule has 2 heterocycles. The molecule has 0 aromatic heterocycles. The molecule has 0 amide bonds. The molecule has 1 spiro atoms. The van der Waals surface area contributed by atoms with Gasteiger partial charge in [0, 0.05) is 23.3 Å². The Hall–Kier alpha value is -2.23. The van der Waals surface area contributed by atoms with Crippen LogP contribution in [-0.4, -0.2) is 11.9 Å². The lowest BCUT2D eigenvalue weighted by atomic mass is 9.56. The minimum Gasteiger partial charge on any atom is -0.362 e. The molecule has 0 fully saturated rings. The van der Waals surface area contributed by atoms with Crippen molar-refractivity contribution in [2.45, 2.75) is 57.5 Å². The number of aryl methyl sites for hydroxylation is 1. The summed E-state index contributed by atoms with van der Waals surface area (Å²) in [5.74, 6) is 0.293. The van der Waals surface area contributed by atoms with Gasteiger partial charge in [-0.25, -0.2) is 0 Å². The van der Waals surface area contributed by atoms with Crippen LogP contribution in [0.4, 0.5) is 0 Å². The van der Waals surface area contributed by atoms with Crippen molar-refractivity contribution in [1.29, 1.82) is 0 Å². The van der Waals surface area contributed by atoms with Gasteiger partial charge in [-0.05, 0) is 42.2 Å². The van der Waals surface area contributed by atoms with Crippen molar-refractivity contribution in [2.24, 2.45) is 15.6 Å². The predicted octanol–water partition coefficient (Wildman–Crippen LogP) is 4.18. The first kappa shape index (κ1) is 15.1. The molecule has 1 aromatic carbocycles. The Morgan fingerprint density at radius 3 is 2.92 bits per heavy atom. The molecule has 25 heavy (non-hydrogen) atoms. The maximum absolute atomic E-state index is 13.3. The average molecular weight is 333 g/mol. The van der Waals surface area contributed by atoms with Crippen molar-refractivity contribution in [3.8, 4) is 0 Å². The molecule has 2 aliphatic carbocycles. The van der Waals surface area contributed by atoms with Crippen LogP contribution in [0.25, 0.3) is 0 Å². The number of carbonyl (C=O) groups is 1. The van der Waals surface area contributed by atoms with E-state index in [1.54, 1.807) is 0 Å². The monoisotopic (exact) mass is 333 g/mol. The zero-order valence-corrected chi connectivity index (χ0v) is 14.8. The summed E-state index contributed by atoms with van der Waals surface area (Å²) in [5.41, 5.74) is 5.58. The molecule has 5 rings (SSSR count). The molecule has 0 bridgehead atoms. The molecule has 0 saturated carbocycles. The van der Waals surface area contributed by atoms with E-state index < -0.39 is 0 Å². The van der Waals surface area contributed by atoms with Crippen LogP contribution in [-0.2, 0) is 16.6 Å². The van der Waals surface area contributed by atoms with E-state index in [9.17, 15) is 4.79 Å². The van der Waals surface area contributed by atoms with Gasteiger partial charge in [-0.2, -0.15) is 10.2 Å². The summed E-state index contributed by atoms with van der Waals surface area (Å²) in [7, 11) is 0. The molecule has 2 atom stereocenters. The van der Waals surface area contributed by atoms with Crippen LogP contribution in [0.15, 0.2) is 57.5 Å². The third kappa shape index (κ3) is 1.97. The zero-order valence-electron chi connectivity index (χ0n) is 14.8. The SMILES string of the molecule is CC1(C)CC(=O)C2=C(C1)NC1N=NC=C1[C@]21CCCc2ccccc21. The highest BCUT2D eigenvalue weighted by atomic mass is 16.1. The Morgan fingerprint density at radius 2 is 2.04 bits per heavy atom. The third-order valence-electron chi connectivity index (χ3n) is 6.25. The first-order chi connectivity index (χ1) is 12.0. The number of rotatable bonds is 0. The van der Waals surface area contributed by atoms with Crippen LogP contribution in [0.5, 0.6) is 0 Å². The van der Waals surface area contributed by atoms with Gasteiger partial charge in [-0.1, -0.05) is 38.1 Å². The van der Waals surface area contributed by atoms with Crippen molar-refractivity contribution >= 4 is 5.78 Å². The van der Waals surface area contributed by atoms with Crippen LogP contribution < -0.4 is 5.32 Å². The molecule has 1 unspecified atom stereocenters. The highest BCUT2D eigenvalue weighted by Crippen LogP contribution is 2.56. The molecule has 2 aliphatic heterocycles. The minimum absolute atomic E-state index is 0.00471. The van der Waals surface area contributed by atoms with Gasteiger partial charge in [0.1, 0.15) is 0 Å². The molecule has 128 valence electrons. The van der Waals surface area contributed by atoms with Crippen molar-refractivity contribution in [3.05, 3.63) is 58.4 Å². The van der Waals surface area contributed by atoms with Crippen molar-refractivity contribution in [3.63, 3.8) is 0 Å². The Kier molecular flexibility index (Phi) is 2.95. The van der Waals surface area contributed by atoms with E-state index in [-0.39, 0.29) is 17.0 Å². The van der Waals surface area contributed by atoms with E-state index in [0.29, 0.717) is 12.2 Å². The van der Waals surface area contributed by atoms with E-state index in [1.165, 1.54) is 11.1 Å². The largest absolute Gasteiger partial charge is 0.362 e. The standard InChI is InChI=1S/C21H23N3O/c1-20(2)10-16-18(17(25)11-20)21(15-12-22-24-19(15)23-16)9-5-7-13-6-3-4-8-14(13)21/h3-4,6,8,12,19,23H,5,7,9-11H2,1-2H3/t19?,21-/m1/s1. The number of allylic oxidation sites excluding steroid dienone is 2. The fourth-order valence-corrected chi connectivity index (χ4v) is 5.39. The van der Waals surface area contributed by atoms with Crippen molar-refractivity contribution in [1.82, 2.24) is 5.32 Å². The molecule has 0 radical (unpaired) electrons. The lowest BCUT2D eigenvalue weighted by molar-refractivity contribution is -0.119. The van der Waals surface area contributed by atoms with Crippen LogP contribution >= 0.6 is 0 Å². The maximum Gasteiger partial charge on any atom is 0.164 e. The zero-order chi connectivity index (χ0) is 17.2. The van der Waals surface area contributed by atoms with Gasteiger partial charge in [-0.15, -0.1) is 0 Å². The number of ketones is 1. The van der Waals surface area contributed by atoms with E-state index in [1.807, 2.05) is 6.20 Å². The molecule has 1 aromatic rings. The smallest absolute Gasteiger partial charge is 0.164 e. The van der Waals surface area contributed by atoms with E-state index >= 15 is 0 Å². The Bertz CT molecular complexity index is 877. The molecule has 4 heteroatoms. The number of carbonyl (C=O) groups excluding carboxylic acids is 1. The van der Waals surface area contributed by atoms with Gasteiger partial charge in [-0.3, -0.25) is 4.79 Å². The van der Waals surface area contributed by atoms with Gasteiger partial charge in [0.15, 0.2) is 11.9 Å². The van der Waals surface area contributed by atoms with Crippen LogP contribution in [0.3, 0.4) is 0 Å². The topological polar surface area (TPSA) is 53.8 Å². The van der Waals surface area contributed by atoms with E-state index in [4.69, 9.17) is 0 Å². The number of azo groups is 1. The number of nitrogens with one attached hydrogen (secondary N) is 1. The second kappa shape index (κ2) is 4.90. The maximum atomic E-state index is 13.3. The summed E-state index contributed by atoms with van der Waals surface area (Å²) in [6, 6.07) is 8.64. The highest BCUT2D eigenvalue weighted by Gasteiger charge is 2.54. The number of nitrogens with zero attached hydrogens (tertiary/aromatic N) is 2. The normalized spacial score (nSPS) is 32.0. The summed E-state index contributed by atoms with van der Waals surface area (Å²) in [5, 5.41) is 12.2. The van der Waals surface area contributed by atoms with Crippen LogP contribution in [0.1, 0.15) is 50.7 Å². The van der Waals surface area contributed by atoms with Crippen LogP contribution in [0, 0.1) is 5.41 Å². The van der Waals surface area contributed by atoms with Gasteiger partial charge in [0.25, 0.3) is 0 Å². The lowest BCUT2D eigenvalue weighted by Crippen LogP contribution is -2.52. The molecule has 0 saturated heterocycles. The first-order valence-electron chi connectivity index (χ1n) is 9.24. The molecule has 1 N–H and O–H groups in total. The van der Waals surface area contributed by atoms with E-state index in [0.717, 1.165) is 42.5 Å². The Balaban J connectivity index is 1.81. The predicted molar refractivity (Wildman–Crippen MR) is 96.0 cm³/mol. The Labute approximate surface area is 148 Å². The fourth-order valence-electron chi connectivity index (χ4n) is 5.39. The number of hydrogen-bond acceptors (Lipinski definition) is 4. The number of fused-ring (bicyclic) bond motifs is 5. The Morgan fingerprint density at radius 1 is 1.20 bits per heavy atom. The summed E-state index contributed by atoms with van der Waals surface area (Å²) >= 11 is 0. The summed E-state index contributed by atoms with van der Waals surface area (Å²) < 4.78 is 0. The molecular weight excluding hydrogens is 310 g/mol. The summed E-state index contributed by atoms with van der Waals surface area (Å²) in [6.07, 6.45) is 6.45. The van der Waals surface area contributed by atoms with Gasteiger partial charge in [0.05, 0.1) is 11.6 Å². The number of hydrogen-bond donors (Lipinski definition) is 1. The fraction of sp³-hybridized carbons (Fsp3) is 0.476. The number of Topliss-reactive ketones (excluding diaryl/α,β-unsaturated/α-hetero) is 1. The minimum atomic E-state index is -0.336.